The largest absolute Gasteiger partial charge is 0.338 e. The number of benzene rings is 2. The van der Waals surface area contributed by atoms with Crippen molar-refractivity contribution in [1.29, 1.82) is 0 Å². The molecule has 8 heteroatoms. The molecule has 1 heterocycles. The first-order valence-corrected chi connectivity index (χ1v) is 11.2. The van der Waals surface area contributed by atoms with E-state index in [2.05, 4.69) is 31.9 Å². The lowest BCUT2D eigenvalue weighted by Gasteiger charge is -2.14. The molecule has 0 radical (unpaired) electrons. The van der Waals surface area contributed by atoms with Crippen LogP contribution in [0.15, 0.2) is 53.0 Å². The zero-order chi connectivity index (χ0) is 21.8. The van der Waals surface area contributed by atoms with Crippen LogP contribution in [0.3, 0.4) is 0 Å². The number of anilines is 2. The average molecular weight is 482 g/mol. The number of nitrogens with one attached hydrogen (secondary N) is 3. The maximum absolute atomic E-state index is 13.1. The number of nitrogens with zero attached hydrogens (tertiary/aromatic N) is 2. The van der Waals surface area contributed by atoms with Crippen molar-refractivity contribution in [2.75, 3.05) is 17.2 Å². The molecule has 3 aromatic rings. The van der Waals surface area contributed by atoms with Crippen molar-refractivity contribution in [3.05, 3.63) is 70.0 Å². The molecule has 2 aromatic carbocycles. The zero-order valence-corrected chi connectivity index (χ0v) is 18.8. The predicted molar refractivity (Wildman–Crippen MR) is 125 cm³/mol. The van der Waals surface area contributed by atoms with E-state index in [9.17, 15) is 9.59 Å². The normalized spacial score (nSPS) is 12.7. The Kier molecular flexibility index (Phi) is 6.36. The predicted octanol–water partition coefficient (Wildman–Crippen LogP) is 4.91. The highest BCUT2D eigenvalue weighted by Crippen LogP contribution is 2.28. The van der Waals surface area contributed by atoms with Gasteiger partial charge in [0.2, 0.25) is 0 Å². The fourth-order valence-corrected chi connectivity index (χ4v) is 4.19. The van der Waals surface area contributed by atoms with E-state index >= 15 is 0 Å². The lowest BCUT2D eigenvalue weighted by Crippen LogP contribution is -2.28. The second-order valence-electron chi connectivity index (χ2n) is 7.39. The Labute approximate surface area is 189 Å². The third-order valence-electron chi connectivity index (χ3n) is 5.16. The van der Waals surface area contributed by atoms with Gasteiger partial charge in [-0.2, -0.15) is 5.10 Å². The summed E-state index contributed by atoms with van der Waals surface area (Å²) in [5.74, 6) is -0.248. The quantitative estimate of drug-likeness (QED) is 0.483. The molecule has 0 fully saturated rings. The Bertz CT molecular complexity index is 1120. The summed E-state index contributed by atoms with van der Waals surface area (Å²) in [4.78, 5) is 24.9. The minimum Gasteiger partial charge on any atom is -0.338 e. The van der Waals surface area contributed by atoms with Crippen LogP contribution in [0.2, 0.25) is 0 Å². The van der Waals surface area contributed by atoms with Gasteiger partial charge in [-0.05, 0) is 69.0 Å². The summed E-state index contributed by atoms with van der Waals surface area (Å²) in [6, 6.07) is 14.7. The van der Waals surface area contributed by atoms with Crippen LogP contribution in [0.1, 0.15) is 41.5 Å². The molecule has 1 aliphatic carbocycles. The monoisotopic (exact) mass is 481 g/mol. The molecule has 0 bridgehead atoms. The van der Waals surface area contributed by atoms with E-state index in [1.165, 1.54) is 0 Å². The number of aromatic nitrogens is 2. The number of hydrogen-bond donors (Lipinski definition) is 3. The Morgan fingerprint density at radius 2 is 1.77 bits per heavy atom. The number of halogens is 1. The molecule has 7 nitrogen and oxygen atoms in total. The lowest BCUT2D eigenvalue weighted by molar-refractivity contribution is 0.102. The third-order valence-corrected chi connectivity index (χ3v) is 5.66. The molecule has 3 amide bonds. The van der Waals surface area contributed by atoms with E-state index in [4.69, 9.17) is 5.10 Å². The summed E-state index contributed by atoms with van der Waals surface area (Å²) in [6.45, 7) is 2.39. The van der Waals surface area contributed by atoms with Crippen LogP contribution in [-0.2, 0) is 12.8 Å². The van der Waals surface area contributed by atoms with Gasteiger partial charge in [0, 0.05) is 33.6 Å². The van der Waals surface area contributed by atoms with Crippen LogP contribution in [-0.4, -0.2) is 28.3 Å². The Morgan fingerprint density at radius 3 is 2.55 bits per heavy atom. The summed E-state index contributed by atoms with van der Waals surface area (Å²) >= 11 is 3.51. The number of rotatable bonds is 5. The topological polar surface area (TPSA) is 88.1 Å². The van der Waals surface area contributed by atoms with E-state index in [0.29, 0.717) is 23.6 Å². The van der Waals surface area contributed by atoms with Gasteiger partial charge >= 0.3 is 6.03 Å². The maximum atomic E-state index is 13.1. The Balaban J connectivity index is 1.60. The van der Waals surface area contributed by atoms with Crippen molar-refractivity contribution in [1.82, 2.24) is 15.1 Å². The molecule has 0 unspecified atom stereocenters. The van der Waals surface area contributed by atoms with Crippen molar-refractivity contribution >= 4 is 39.2 Å². The average Bonchev–Trinajstić information content (AvgIpc) is 3.14. The fourth-order valence-electron chi connectivity index (χ4n) is 3.80. The van der Waals surface area contributed by atoms with Crippen LogP contribution in [0, 0.1) is 0 Å². The molecular weight excluding hydrogens is 458 g/mol. The summed E-state index contributed by atoms with van der Waals surface area (Å²) in [5, 5.41) is 13.1. The first kappa shape index (κ1) is 21.1. The molecule has 0 saturated carbocycles. The van der Waals surface area contributed by atoms with Gasteiger partial charge in [-0.1, -0.05) is 28.1 Å². The van der Waals surface area contributed by atoms with Gasteiger partial charge in [0.15, 0.2) is 5.69 Å². The molecule has 0 atom stereocenters. The minimum atomic E-state index is -0.284. The Hall–Kier alpha value is -3.13. The molecule has 0 saturated heterocycles. The van der Waals surface area contributed by atoms with E-state index in [0.717, 1.165) is 47.1 Å². The van der Waals surface area contributed by atoms with Crippen LogP contribution in [0.4, 0.5) is 16.2 Å². The van der Waals surface area contributed by atoms with Crippen molar-refractivity contribution in [3.8, 4) is 5.69 Å². The lowest BCUT2D eigenvalue weighted by atomic mass is 9.95. The van der Waals surface area contributed by atoms with Crippen molar-refractivity contribution in [2.24, 2.45) is 0 Å². The first-order valence-electron chi connectivity index (χ1n) is 10.4. The standard InChI is InChI=1S/C23H24BrN5O2/c1-2-25-23(31)27-17-9-6-8-16(14-17)26-22(30)21-19-11-3-4-12-20(19)29(28-21)18-10-5-7-15(24)13-18/h5-10,13-14H,2-4,11-12H2,1H3,(H,26,30)(H2,25,27,31). The van der Waals surface area contributed by atoms with Gasteiger partial charge in [-0.25, -0.2) is 9.48 Å². The summed E-state index contributed by atoms with van der Waals surface area (Å²) in [5.41, 5.74) is 4.70. The zero-order valence-electron chi connectivity index (χ0n) is 17.2. The smallest absolute Gasteiger partial charge is 0.319 e. The first-order chi connectivity index (χ1) is 15.0. The number of carbonyl (C=O) groups excluding carboxylic acids is 2. The van der Waals surface area contributed by atoms with E-state index in [1.54, 1.807) is 24.3 Å². The van der Waals surface area contributed by atoms with E-state index in [-0.39, 0.29) is 11.9 Å². The van der Waals surface area contributed by atoms with Gasteiger partial charge in [0.05, 0.1) is 5.69 Å². The number of amides is 3. The van der Waals surface area contributed by atoms with Crippen LogP contribution in [0.25, 0.3) is 5.69 Å². The molecule has 160 valence electrons. The van der Waals surface area contributed by atoms with E-state index < -0.39 is 0 Å². The van der Waals surface area contributed by atoms with Gasteiger partial charge < -0.3 is 16.0 Å². The molecular formula is C23H24BrN5O2. The molecule has 1 aromatic heterocycles. The fraction of sp³-hybridized carbons (Fsp3) is 0.261. The van der Waals surface area contributed by atoms with Crippen LogP contribution >= 0.6 is 15.9 Å². The number of hydrogen-bond acceptors (Lipinski definition) is 3. The molecule has 0 spiro atoms. The number of urea groups is 1. The van der Waals surface area contributed by atoms with Crippen molar-refractivity contribution in [2.45, 2.75) is 32.6 Å². The van der Waals surface area contributed by atoms with Crippen molar-refractivity contribution in [3.63, 3.8) is 0 Å². The highest BCUT2D eigenvalue weighted by atomic mass is 79.9. The third kappa shape index (κ3) is 4.80. The van der Waals surface area contributed by atoms with Crippen LogP contribution in [0.5, 0.6) is 0 Å². The summed E-state index contributed by atoms with van der Waals surface area (Å²) in [6.07, 6.45) is 3.86. The molecule has 1 aliphatic rings. The van der Waals surface area contributed by atoms with Gasteiger partial charge in [0.25, 0.3) is 5.91 Å². The molecule has 0 aliphatic heterocycles. The molecule has 31 heavy (non-hydrogen) atoms. The van der Waals surface area contributed by atoms with Gasteiger partial charge in [-0.3, -0.25) is 4.79 Å². The van der Waals surface area contributed by atoms with Crippen molar-refractivity contribution < 1.29 is 9.59 Å². The summed E-state index contributed by atoms with van der Waals surface area (Å²) < 4.78 is 2.86. The van der Waals surface area contributed by atoms with Gasteiger partial charge in [-0.15, -0.1) is 0 Å². The number of carbonyl (C=O) groups is 2. The Morgan fingerprint density at radius 1 is 1.03 bits per heavy atom. The molecule has 4 rings (SSSR count). The second kappa shape index (κ2) is 9.34. The second-order valence-corrected chi connectivity index (χ2v) is 8.31. The van der Waals surface area contributed by atoms with Crippen LogP contribution < -0.4 is 16.0 Å². The molecule has 3 N–H and O–H groups in total. The van der Waals surface area contributed by atoms with E-state index in [1.807, 2.05) is 35.9 Å². The highest BCUT2D eigenvalue weighted by Gasteiger charge is 2.25. The summed E-state index contributed by atoms with van der Waals surface area (Å²) in [7, 11) is 0. The van der Waals surface area contributed by atoms with Gasteiger partial charge in [0.1, 0.15) is 0 Å². The maximum Gasteiger partial charge on any atom is 0.319 e. The highest BCUT2D eigenvalue weighted by molar-refractivity contribution is 9.10. The number of fused-ring (bicyclic) bond motifs is 1. The SMILES string of the molecule is CCNC(=O)Nc1cccc(NC(=O)c2nn(-c3cccc(Br)c3)c3c2CCCC3)c1. The minimum absolute atomic E-state index is 0.248.